The first-order valence-electron chi connectivity index (χ1n) is 8.27. The number of unbranched alkanes of at least 4 members (excludes halogenated alkanes) is 1. The molecule has 1 rings (SSSR count). The molecular weight excluding hydrogens is 325 g/mol. The number of halogens is 3. The largest absolute Gasteiger partial charge is 0.444 e. The molecule has 0 unspecified atom stereocenters. The summed E-state index contributed by atoms with van der Waals surface area (Å²) in [6.45, 7) is 6.70. The minimum Gasteiger partial charge on any atom is -0.444 e. The van der Waals surface area contributed by atoms with Crippen molar-refractivity contribution in [2.45, 2.75) is 71.2 Å². The number of amides is 2. The number of hydrogen-bond donors (Lipinski definition) is 0. The number of nitrogens with zero attached hydrogens (tertiary/aromatic N) is 2. The van der Waals surface area contributed by atoms with Crippen LogP contribution in [0.2, 0.25) is 0 Å². The van der Waals surface area contributed by atoms with Gasteiger partial charge < -0.3 is 9.64 Å². The molecule has 0 aromatic rings. The highest BCUT2D eigenvalue weighted by atomic mass is 19.4. The zero-order chi connectivity index (χ0) is 18.5. The first-order valence-corrected chi connectivity index (χ1v) is 8.27. The normalized spacial score (nSPS) is 19.6. The molecule has 2 amide bonds. The van der Waals surface area contributed by atoms with Crippen LogP contribution in [0.25, 0.3) is 0 Å². The molecule has 5 nitrogen and oxygen atoms in total. The molecule has 1 atom stereocenters. The molecule has 0 N–H and O–H groups in total. The van der Waals surface area contributed by atoms with Gasteiger partial charge in [-0.05, 0) is 27.2 Å². The molecule has 0 bridgehead atoms. The third-order valence-electron chi connectivity index (χ3n) is 3.71. The van der Waals surface area contributed by atoms with E-state index in [0.717, 1.165) is 12.8 Å². The summed E-state index contributed by atoms with van der Waals surface area (Å²) in [5.74, 6) is -0.474. The minimum atomic E-state index is -4.30. The Kier molecular flexibility index (Phi) is 6.92. The molecular formula is C16H27F3N2O3. The molecule has 1 saturated heterocycles. The van der Waals surface area contributed by atoms with Crippen LogP contribution in [0, 0.1) is 0 Å². The van der Waals surface area contributed by atoms with Crippen molar-refractivity contribution in [1.29, 1.82) is 0 Å². The summed E-state index contributed by atoms with van der Waals surface area (Å²) >= 11 is 0. The third kappa shape index (κ3) is 6.97. The van der Waals surface area contributed by atoms with E-state index in [-0.39, 0.29) is 25.7 Å². The van der Waals surface area contributed by atoms with E-state index < -0.39 is 30.2 Å². The lowest BCUT2D eigenvalue weighted by Gasteiger charge is -2.41. The predicted octanol–water partition coefficient (Wildman–Crippen LogP) is 3.58. The Morgan fingerprint density at radius 1 is 1.29 bits per heavy atom. The van der Waals surface area contributed by atoms with Gasteiger partial charge in [-0.1, -0.05) is 19.8 Å². The highest BCUT2D eigenvalue weighted by Gasteiger charge is 2.38. The van der Waals surface area contributed by atoms with Crippen molar-refractivity contribution < 1.29 is 27.5 Å². The second-order valence-corrected chi connectivity index (χ2v) is 7.11. The van der Waals surface area contributed by atoms with E-state index in [1.54, 1.807) is 20.8 Å². The summed E-state index contributed by atoms with van der Waals surface area (Å²) in [4.78, 5) is 27.0. The predicted molar refractivity (Wildman–Crippen MR) is 83.5 cm³/mol. The number of rotatable bonds is 5. The van der Waals surface area contributed by atoms with Gasteiger partial charge in [0.2, 0.25) is 5.91 Å². The maximum absolute atomic E-state index is 12.4. The van der Waals surface area contributed by atoms with E-state index >= 15 is 0 Å². The molecule has 1 heterocycles. The van der Waals surface area contributed by atoms with Crippen molar-refractivity contribution in [1.82, 2.24) is 9.80 Å². The molecule has 1 fully saturated rings. The van der Waals surface area contributed by atoms with Crippen LogP contribution in [-0.2, 0) is 9.53 Å². The molecule has 0 radical (unpaired) electrons. The molecule has 0 spiro atoms. The van der Waals surface area contributed by atoms with E-state index in [1.807, 2.05) is 6.92 Å². The van der Waals surface area contributed by atoms with Gasteiger partial charge >= 0.3 is 12.3 Å². The van der Waals surface area contributed by atoms with Crippen molar-refractivity contribution in [2.75, 3.05) is 19.6 Å². The topological polar surface area (TPSA) is 49.9 Å². The van der Waals surface area contributed by atoms with E-state index in [4.69, 9.17) is 4.74 Å². The van der Waals surface area contributed by atoms with Gasteiger partial charge in [0.1, 0.15) is 12.1 Å². The standard InChI is InChI=1S/C16H27F3N2O3/c1-5-6-7-12-10-20(9-8-16(17,18)19)13(22)11-21(12)14(23)24-15(2,3)4/h12H,5-11H2,1-4H3/t12-/m0/s1. The number of carbonyl (C=O) groups excluding carboxylic acids is 2. The highest BCUT2D eigenvalue weighted by molar-refractivity contribution is 5.84. The Labute approximate surface area is 141 Å². The Morgan fingerprint density at radius 3 is 2.42 bits per heavy atom. The van der Waals surface area contributed by atoms with Crippen molar-refractivity contribution >= 4 is 12.0 Å². The Bertz CT molecular complexity index is 447. The fourth-order valence-corrected chi connectivity index (χ4v) is 2.53. The van der Waals surface area contributed by atoms with Crippen molar-refractivity contribution in [3.05, 3.63) is 0 Å². The lowest BCUT2D eigenvalue weighted by atomic mass is 10.0. The number of hydrogen-bond acceptors (Lipinski definition) is 3. The molecule has 1 aliphatic heterocycles. The van der Waals surface area contributed by atoms with Crippen LogP contribution in [0.4, 0.5) is 18.0 Å². The van der Waals surface area contributed by atoms with Gasteiger partial charge in [-0.2, -0.15) is 13.2 Å². The average Bonchev–Trinajstić information content (AvgIpc) is 2.41. The van der Waals surface area contributed by atoms with Gasteiger partial charge in [-0.3, -0.25) is 9.69 Å². The summed E-state index contributed by atoms with van der Waals surface area (Å²) < 4.78 is 42.5. The van der Waals surface area contributed by atoms with Gasteiger partial charge in [-0.25, -0.2) is 4.79 Å². The van der Waals surface area contributed by atoms with E-state index in [9.17, 15) is 22.8 Å². The Balaban J connectivity index is 2.79. The quantitative estimate of drug-likeness (QED) is 0.760. The zero-order valence-electron chi connectivity index (χ0n) is 14.8. The summed E-state index contributed by atoms with van der Waals surface area (Å²) in [5, 5.41) is 0. The molecule has 8 heteroatoms. The Hall–Kier alpha value is -1.47. The monoisotopic (exact) mass is 352 g/mol. The molecule has 0 aromatic heterocycles. The van der Waals surface area contributed by atoms with Crippen LogP contribution >= 0.6 is 0 Å². The van der Waals surface area contributed by atoms with Crippen LogP contribution in [0.3, 0.4) is 0 Å². The maximum atomic E-state index is 12.4. The zero-order valence-corrected chi connectivity index (χ0v) is 14.8. The molecule has 140 valence electrons. The summed E-state index contributed by atoms with van der Waals surface area (Å²) in [6.07, 6.45) is -3.58. The summed E-state index contributed by atoms with van der Waals surface area (Å²) in [7, 11) is 0. The molecule has 0 aliphatic carbocycles. The van der Waals surface area contributed by atoms with Crippen LogP contribution in [0.1, 0.15) is 53.4 Å². The fourth-order valence-electron chi connectivity index (χ4n) is 2.53. The van der Waals surface area contributed by atoms with Gasteiger partial charge in [0.05, 0.1) is 12.5 Å². The van der Waals surface area contributed by atoms with Crippen molar-refractivity contribution in [2.24, 2.45) is 0 Å². The number of ether oxygens (including phenoxy) is 1. The molecule has 0 saturated carbocycles. The first-order chi connectivity index (χ1) is 10.9. The van der Waals surface area contributed by atoms with Crippen molar-refractivity contribution in [3.8, 4) is 0 Å². The van der Waals surface area contributed by atoms with Crippen LogP contribution in [0.15, 0.2) is 0 Å². The maximum Gasteiger partial charge on any atom is 0.411 e. The van der Waals surface area contributed by atoms with Gasteiger partial charge in [0, 0.05) is 13.1 Å². The van der Waals surface area contributed by atoms with E-state index in [0.29, 0.717) is 6.42 Å². The third-order valence-corrected chi connectivity index (χ3v) is 3.71. The number of alkyl halides is 3. The van der Waals surface area contributed by atoms with E-state index in [2.05, 4.69) is 0 Å². The second kappa shape index (κ2) is 8.07. The fraction of sp³-hybridized carbons (Fsp3) is 0.875. The molecule has 0 aromatic carbocycles. The van der Waals surface area contributed by atoms with Crippen LogP contribution in [-0.4, -0.2) is 59.3 Å². The second-order valence-electron chi connectivity index (χ2n) is 7.11. The smallest absolute Gasteiger partial charge is 0.411 e. The van der Waals surface area contributed by atoms with E-state index in [1.165, 1.54) is 9.80 Å². The van der Waals surface area contributed by atoms with Crippen molar-refractivity contribution in [3.63, 3.8) is 0 Å². The number of piperazine rings is 1. The molecule has 1 aliphatic rings. The van der Waals surface area contributed by atoms with Crippen LogP contribution < -0.4 is 0 Å². The Morgan fingerprint density at radius 2 is 1.92 bits per heavy atom. The van der Waals surface area contributed by atoms with Gasteiger partial charge in [0.25, 0.3) is 0 Å². The summed E-state index contributed by atoms with van der Waals surface area (Å²) in [6, 6.07) is -0.314. The lowest BCUT2D eigenvalue weighted by Crippen LogP contribution is -2.59. The minimum absolute atomic E-state index is 0.119. The average molecular weight is 352 g/mol. The summed E-state index contributed by atoms with van der Waals surface area (Å²) in [5.41, 5.74) is -0.692. The van der Waals surface area contributed by atoms with Gasteiger partial charge in [0.15, 0.2) is 0 Å². The van der Waals surface area contributed by atoms with Gasteiger partial charge in [-0.15, -0.1) is 0 Å². The molecule has 24 heavy (non-hydrogen) atoms. The SMILES string of the molecule is CCCC[C@H]1CN(CCC(F)(F)F)C(=O)CN1C(=O)OC(C)(C)C. The number of carbonyl (C=O) groups is 2. The first kappa shape index (κ1) is 20.6. The highest BCUT2D eigenvalue weighted by Crippen LogP contribution is 2.23. The van der Waals surface area contributed by atoms with Crippen LogP contribution in [0.5, 0.6) is 0 Å². The lowest BCUT2D eigenvalue weighted by molar-refractivity contribution is -0.150.